The van der Waals surface area contributed by atoms with Crippen LogP contribution in [0.2, 0.25) is 0 Å². The third kappa shape index (κ3) is 3.55. The number of nitro groups is 1. The number of thiocarbonyl (C=S) groups is 1. The Hall–Kier alpha value is -2.81. The number of rotatable bonds is 3. The summed E-state index contributed by atoms with van der Waals surface area (Å²) in [5, 5.41) is 11.7. The molecule has 0 unspecified atom stereocenters. The fraction of sp³-hybridized carbons (Fsp3) is 0.389. The fourth-order valence-electron chi connectivity index (χ4n) is 3.32. The van der Waals surface area contributed by atoms with E-state index < -0.39 is 16.7 Å². The number of nitrogens with zero attached hydrogens (tertiary/aromatic N) is 4. The van der Waals surface area contributed by atoms with Gasteiger partial charge in [-0.3, -0.25) is 29.5 Å². The molecule has 8 nitrogen and oxygen atoms in total. The van der Waals surface area contributed by atoms with Gasteiger partial charge in [-0.2, -0.15) is 0 Å². The van der Waals surface area contributed by atoms with E-state index in [2.05, 4.69) is 0 Å². The first-order valence-corrected chi connectivity index (χ1v) is 9.07. The summed E-state index contributed by atoms with van der Waals surface area (Å²) in [5.41, 5.74) is 0.889. The standard InChI is InChI=1S/C18H20N4O4S/c1-19-16(23)13(17(24)20(2)18(19)27)10-12-6-7-14(15(11-12)22(25)26)21-8-4-3-5-9-21/h6-7,10-11H,3-5,8-9H2,1-2H3. The maximum Gasteiger partial charge on any atom is 0.293 e. The first kappa shape index (κ1) is 19.0. The predicted molar refractivity (Wildman–Crippen MR) is 105 cm³/mol. The molecule has 0 bridgehead atoms. The molecule has 2 aliphatic heterocycles. The summed E-state index contributed by atoms with van der Waals surface area (Å²) >= 11 is 5.06. The third-order valence-electron chi connectivity index (χ3n) is 4.85. The average molecular weight is 388 g/mol. The smallest absolute Gasteiger partial charge is 0.293 e. The molecular formula is C18H20N4O4S. The molecule has 27 heavy (non-hydrogen) atoms. The van der Waals surface area contributed by atoms with Crippen molar-refractivity contribution in [2.45, 2.75) is 19.3 Å². The van der Waals surface area contributed by atoms with E-state index in [1.807, 2.05) is 4.90 Å². The molecule has 2 saturated heterocycles. The van der Waals surface area contributed by atoms with Crippen molar-refractivity contribution in [3.63, 3.8) is 0 Å². The van der Waals surface area contributed by atoms with Crippen LogP contribution in [0, 0.1) is 10.1 Å². The molecule has 1 aromatic carbocycles. The van der Waals surface area contributed by atoms with Gasteiger partial charge in [0.1, 0.15) is 11.3 Å². The van der Waals surface area contributed by atoms with Crippen molar-refractivity contribution < 1.29 is 14.5 Å². The van der Waals surface area contributed by atoms with Crippen molar-refractivity contribution >= 4 is 46.6 Å². The molecule has 2 amide bonds. The lowest BCUT2D eigenvalue weighted by atomic mass is 10.0. The van der Waals surface area contributed by atoms with Crippen LogP contribution in [0.3, 0.4) is 0 Å². The molecule has 0 spiro atoms. The summed E-state index contributed by atoms with van der Waals surface area (Å²) in [5.74, 6) is -1.04. The molecule has 9 heteroatoms. The van der Waals surface area contributed by atoms with Crippen LogP contribution in [0.25, 0.3) is 6.08 Å². The Morgan fingerprint density at radius 1 is 1.07 bits per heavy atom. The van der Waals surface area contributed by atoms with Crippen LogP contribution in [0.4, 0.5) is 11.4 Å². The normalized spacial score (nSPS) is 18.2. The highest BCUT2D eigenvalue weighted by Crippen LogP contribution is 2.32. The molecule has 1 aromatic rings. The van der Waals surface area contributed by atoms with Crippen LogP contribution < -0.4 is 4.90 Å². The Kier molecular flexibility index (Phi) is 5.22. The van der Waals surface area contributed by atoms with Gasteiger partial charge in [-0.1, -0.05) is 6.07 Å². The Morgan fingerprint density at radius 2 is 1.67 bits per heavy atom. The van der Waals surface area contributed by atoms with E-state index >= 15 is 0 Å². The SMILES string of the molecule is CN1C(=O)C(=Cc2ccc(N3CCCCC3)c([N+](=O)[O-])c2)C(=O)N(C)C1=S. The van der Waals surface area contributed by atoms with Crippen LogP contribution in [-0.2, 0) is 9.59 Å². The van der Waals surface area contributed by atoms with Crippen LogP contribution in [0.1, 0.15) is 24.8 Å². The lowest BCUT2D eigenvalue weighted by molar-refractivity contribution is -0.384. The third-order valence-corrected chi connectivity index (χ3v) is 5.40. The van der Waals surface area contributed by atoms with E-state index in [1.54, 1.807) is 12.1 Å². The maximum absolute atomic E-state index is 12.4. The highest BCUT2D eigenvalue weighted by atomic mass is 32.1. The zero-order chi connectivity index (χ0) is 19.7. The largest absolute Gasteiger partial charge is 0.366 e. The fourth-order valence-corrected chi connectivity index (χ4v) is 3.49. The van der Waals surface area contributed by atoms with E-state index in [0.29, 0.717) is 11.3 Å². The number of anilines is 1. The van der Waals surface area contributed by atoms with E-state index in [1.165, 1.54) is 36.0 Å². The second kappa shape index (κ2) is 7.43. The molecule has 142 valence electrons. The number of carbonyl (C=O) groups is 2. The highest BCUT2D eigenvalue weighted by molar-refractivity contribution is 7.80. The number of likely N-dealkylation sites (N-methyl/N-ethyl adjacent to an activating group) is 2. The zero-order valence-electron chi connectivity index (χ0n) is 15.2. The van der Waals surface area contributed by atoms with E-state index in [9.17, 15) is 19.7 Å². The second-order valence-electron chi connectivity index (χ2n) is 6.62. The molecule has 0 N–H and O–H groups in total. The Bertz CT molecular complexity index is 835. The Labute approximate surface area is 162 Å². The number of benzene rings is 1. The molecule has 2 fully saturated rings. The molecule has 0 atom stereocenters. The first-order chi connectivity index (χ1) is 12.8. The quantitative estimate of drug-likeness (QED) is 0.259. The van der Waals surface area contributed by atoms with Crippen molar-refractivity contribution in [1.29, 1.82) is 0 Å². The van der Waals surface area contributed by atoms with E-state index in [0.717, 1.165) is 32.4 Å². The molecule has 2 heterocycles. The lowest BCUT2D eigenvalue weighted by Crippen LogP contribution is -2.52. The molecule has 2 aliphatic rings. The summed E-state index contributed by atoms with van der Waals surface area (Å²) in [6.07, 6.45) is 4.52. The van der Waals surface area contributed by atoms with Crippen molar-refractivity contribution in [3.05, 3.63) is 39.4 Å². The Balaban J connectivity index is 1.99. The van der Waals surface area contributed by atoms with Crippen LogP contribution in [-0.4, -0.2) is 58.8 Å². The minimum absolute atomic E-state index is 0.0285. The van der Waals surface area contributed by atoms with Crippen molar-refractivity contribution in [1.82, 2.24) is 9.80 Å². The van der Waals surface area contributed by atoms with Gasteiger partial charge in [0.15, 0.2) is 5.11 Å². The summed E-state index contributed by atoms with van der Waals surface area (Å²) in [7, 11) is 2.98. The summed E-state index contributed by atoms with van der Waals surface area (Å²) in [6.45, 7) is 1.57. The van der Waals surface area contributed by atoms with Gasteiger partial charge in [0.2, 0.25) is 0 Å². The van der Waals surface area contributed by atoms with Crippen LogP contribution >= 0.6 is 12.2 Å². The van der Waals surface area contributed by atoms with Gasteiger partial charge < -0.3 is 4.90 Å². The maximum atomic E-state index is 12.4. The average Bonchev–Trinajstić information content (AvgIpc) is 2.68. The van der Waals surface area contributed by atoms with Crippen molar-refractivity contribution in [2.75, 3.05) is 32.1 Å². The molecule has 3 rings (SSSR count). The van der Waals surface area contributed by atoms with E-state index in [-0.39, 0.29) is 16.4 Å². The summed E-state index contributed by atoms with van der Waals surface area (Å²) in [4.78, 5) is 40.4. The van der Waals surface area contributed by atoms with E-state index in [4.69, 9.17) is 12.2 Å². The summed E-state index contributed by atoms with van der Waals surface area (Å²) < 4.78 is 0. The topological polar surface area (TPSA) is 87.0 Å². The second-order valence-corrected chi connectivity index (χ2v) is 6.99. The number of amides is 2. The van der Waals surface area contributed by atoms with Gasteiger partial charge in [-0.25, -0.2) is 0 Å². The van der Waals surface area contributed by atoms with Gasteiger partial charge in [0.25, 0.3) is 17.5 Å². The highest BCUT2D eigenvalue weighted by Gasteiger charge is 2.35. The van der Waals surface area contributed by atoms with Crippen LogP contribution in [0.15, 0.2) is 23.8 Å². The Morgan fingerprint density at radius 3 is 2.22 bits per heavy atom. The van der Waals surface area contributed by atoms with Crippen molar-refractivity contribution in [3.8, 4) is 0 Å². The minimum atomic E-state index is -0.522. The first-order valence-electron chi connectivity index (χ1n) is 8.66. The molecule has 0 saturated carbocycles. The number of nitro benzene ring substituents is 1. The van der Waals surface area contributed by atoms with Gasteiger partial charge in [0, 0.05) is 33.3 Å². The number of hydrogen-bond donors (Lipinski definition) is 0. The van der Waals surface area contributed by atoms with Gasteiger partial charge in [-0.15, -0.1) is 0 Å². The lowest BCUT2D eigenvalue weighted by Gasteiger charge is -2.31. The molecule has 0 aromatic heterocycles. The van der Waals surface area contributed by atoms with Gasteiger partial charge in [-0.05, 0) is 49.2 Å². The minimum Gasteiger partial charge on any atom is -0.366 e. The summed E-state index contributed by atoms with van der Waals surface area (Å²) in [6, 6.07) is 4.79. The molecular weight excluding hydrogens is 368 g/mol. The van der Waals surface area contributed by atoms with Gasteiger partial charge >= 0.3 is 0 Å². The number of hydrogen-bond acceptors (Lipinski definition) is 6. The zero-order valence-corrected chi connectivity index (χ0v) is 16.0. The number of piperidine rings is 1. The number of carbonyl (C=O) groups excluding carboxylic acids is 2. The van der Waals surface area contributed by atoms with Crippen molar-refractivity contribution in [2.24, 2.45) is 0 Å². The predicted octanol–water partition coefficient (Wildman–Crippen LogP) is 2.18. The molecule has 0 aliphatic carbocycles. The monoisotopic (exact) mass is 388 g/mol. The molecule has 0 radical (unpaired) electrons. The van der Waals surface area contributed by atoms with Gasteiger partial charge in [0.05, 0.1) is 4.92 Å². The van der Waals surface area contributed by atoms with Crippen LogP contribution in [0.5, 0.6) is 0 Å².